The third-order valence-electron chi connectivity index (χ3n) is 6.24. The molecule has 1 aromatic carbocycles. The Morgan fingerprint density at radius 3 is 2.97 bits per heavy atom. The summed E-state index contributed by atoms with van der Waals surface area (Å²) in [5, 5.41) is 11.8. The van der Waals surface area contributed by atoms with Gasteiger partial charge < -0.3 is 20.0 Å². The molecule has 160 valence electrons. The maximum absolute atomic E-state index is 14.4. The summed E-state index contributed by atoms with van der Waals surface area (Å²) in [6.45, 7) is 0.549. The number of amides is 1. The number of H-pyrrole nitrogens is 1. The van der Waals surface area contributed by atoms with Crippen LogP contribution in [-0.2, 0) is 17.8 Å². The first-order valence-electron chi connectivity index (χ1n) is 10.1. The summed E-state index contributed by atoms with van der Waals surface area (Å²) in [6.07, 6.45) is 3.99. The zero-order valence-electron chi connectivity index (χ0n) is 16.4. The number of aromatic amines is 1. The van der Waals surface area contributed by atoms with Crippen molar-refractivity contribution in [3.8, 4) is 11.3 Å². The largest absolute Gasteiger partial charge is 0.465 e. The molecule has 0 saturated heterocycles. The number of imidazole rings is 1. The third kappa shape index (κ3) is 3.56. The number of ketones is 1. The van der Waals surface area contributed by atoms with Gasteiger partial charge in [-0.1, -0.05) is 15.9 Å². The minimum Gasteiger partial charge on any atom is -0.465 e. The first kappa shape index (κ1) is 20.0. The van der Waals surface area contributed by atoms with Gasteiger partial charge in [0.25, 0.3) is 0 Å². The predicted octanol–water partition coefficient (Wildman–Crippen LogP) is 4.20. The van der Waals surface area contributed by atoms with Gasteiger partial charge in [0, 0.05) is 46.9 Å². The van der Waals surface area contributed by atoms with Crippen LogP contribution in [0.25, 0.3) is 11.3 Å². The van der Waals surface area contributed by atoms with Gasteiger partial charge in [0.2, 0.25) is 0 Å². The summed E-state index contributed by atoms with van der Waals surface area (Å²) in [5.41, 5.74) is 2.96. The zero-order chi connectivity index (χ0) is 21.7. The molecule has 7 nitrogen and oxygen atoms in total. The smallest absolute Gasteiger partial charge is 0.404 e. The van der Waals surface area contributed by atoms with Gasteiger partial charge in [-0.15, -0.1) is 0 Å². The van der Waals surface area contributed by atoms with Crippen molar-refractivity contribution in [1.29, 1.82) is 0 Å². The van der Waals surface area contributed by atoms with Crippen LogP contribution in [0.1, 0.15) is 41.8 Å². The van der Waals surface area contributed by atoms with Crippen LogP contribution < -0.4 is 5.32 Å². The fourth-order valence-corrected chi connectivity index (χ4v) is 5.22. The van der Waals surface area contributed by atoms with E-state index in [0.717, 1.165) is 17.7 Å². The van der Waals surface area contributed by atoms with Crippen LogP contribution in [0.3, 0.4) is 0 Å². The van der Waals surface area contributed by atoms with E-state index < -0.39 is 18.1 Å². The Morgan fingerprint density at radius 1 is 1.35 bits per heavy atom. The maximum Gasteiger partial charge on any atom is 0.404 e. The maximum atomic E-state index is 14.4. The molecule has 3 N–H and O–H groups in total. The highest BCUT2D eigenvalue weighted by molar-refractivity contribution is 9.10. The monoisotopic (exact) mass is 486 g/mol. The Bertz CT molecular complexity index is 1190. The van der Waals surface area contributed by atoms with Gasteiger partial charge in [-0.3, -0.25) is 4.79 Å². The first-order chi connectivity index (χ1) is 14.9. The molecular weight excluding hydrogens is 467 g/mol. The van der Waals surface area contributed by atoms with Crippen LogP contribution >= 0.6 is 15.9 Å². The molecule has 1 aliphatic carbocycles. The van der Waals surface area contributed by atoms with Crippen LogP contribution in [-0.4, -0.2) is 37.6 Å². The van der Waals surface area contributed by atoms with E-state index in [1.54, 1.807) is 18.3 Å². The summed E-state index contributed by atoms with van der Waals surface area (Å²) >= 11 is 3.26. The number of carbonyl (C=O) groups is 2. The lowest BCUT2D eigenvalue weighted by atomic mass is 9.79. The second-order valence-electron chi connectivity index (χ2n) is 8.12. The van der Waals surface area contributed by atoms with E-state index in [9.17, 15) is 19.1 Å². The molecule has 9 heteroatoms. The number of benzene rings is 1. The number of aryl methyl sites for hydroxylation is 1. The molecule has 0 saturated carbocycles. The van der Waals surface area contributed by atoms with Crippen molar-refractivity contribution in [2.24, 2.45) is 0 Å². The first-order valence-corrected chi connectivity index (χ1v) is 10.9. The van der Waals surface area contributed by atoms with E-state index in [4.69, 9.17) is 0 Å². The SMILES string of the molecule is O=C(O)N[C@H]1CCc2ccn3c2C1C(=O)C[C@H](c1ncc(-c2ccc(Br)cc2F)[nH]1)C3. The lowest BCUT2D eigenvalue weighted by Gasteiger charge is -2.31. The van der Waals surface area contributed by atoms with Gasteiger partial charge in [-0.25, -0.2) is 14.2 Å². The summed E-state index contributed by atoms with van der Waals surface area (Å²) in [6, 6.07) is 6.41. The number of halogens is 2. The average Bonchev–Trinajstić information content (AvgIpc) is 3.31. The predicted molar refractivity (Wildman–Crippen MR) is 114 cm³/mol. The molecule has 5 rings (SSSR count). The fraction of sp³-hybridized carbons (Fsp3) is 0.318. The standard InChI is InChI=1S/C22H20BrFN4O3/c23-13-2-3-14(15(24)8-13)17-9-25-21(26-17)12-7-18(29)19-16(27-22(30)31)4-1-11-5-6-28(10-12)20(11)19/h2-3,5-6,8-9,12,16,19,27H,1,4,7,10H2,(H,25,26)(H,30,31)/t12-,16-,19?/m0/s1. The number of carbonyl (C=O) groups excluding carboxylic acids is 1. The van der Waals surface area contributed by atoms with E-state index in [0.29, 0.717) is 34.5 Å². The number of nitrogens with zero attached hydrogens (tertiary/aromatic N) is 2. The number of rotatable bonds is 3. The fourth-order valence-electron chi connectivity index (χ4n) is 4.88. The molecule has 2 aromatic heterocycles. The molecule has 0 spiro atoms. The van der Waals surface area contributed by atoms with Gasteiger partial charge in [0.1, 0.15) is 17.4 Å². The highest BCUT2D eigenvalue weighted by Gasteiger charge is 2.41. The Labute approximate surface area is 185 Å². The number of nitrogens with one attached hydrogen (secondary N) is 2. The molecule has 1 aliphatic heterocycles. The molecule has 0 bridgehead atoms. The Hall–Kier alpha value is -2.94. The van der Waals surface area contributed by atoms with Gasteiger partial charge in [0.15, 0.2) is 0 Å². The van der Waals surface area contributed by atoms with Crippen LogP contribution in [0.4, 0.5) is 9.18 Å². The van der Waals surface area contributed by atoms with Crippen molar-refractivity contribution in [2.45, 2.75) is 43.7 Å². The Kier molecular flexibility index (Phi) is 4.92. The highest BCUT2D eigenvalue weighted by atomic mass is 79.9. The van der Waals surface area contributed by atoms with E-state index in [-0.39, 0.29) is 23.9 Å². The summed E-state index contributed by atoms with van der Waals surface area (Å²) in [5.74, 6) is -0.470. The molecule has 3 atom stereocenters. The van der Waals surface area contributed by atoms with Crippen molar-refractivity contribution in [1.82, 2.24) is 19.9 Å². The second-order valence-corrected chi connectivity index (χ2v) is 9.04. The Balaban J connectivity index is 1.48. The van der Waals surface area contributed by atoms with E-state index in [1.807, 2.05) is 16.8 Å². The molecular formula is C22H20BrFN4O3. The van der Waals surface area contributed by atoms with Crippen molar-refractivity contribution >= 4 is 27.8 Å². The van der Waals surface area contributed by atoms with Crippen LogP contribution in [0.15, 0.2) is 41.1 Å². The van der Waals surface area contributed by atoms with Crippen molar-refractivity contribution < 1.29 is 19.1 Å². The van der Waals surface area contributed by atoms with E-state index in [2.05, 4.69) is 31.2 Å². The lowest BCUT2D eigenvalue weighted by Crippen LogP contribution is -2.44. The van der Waals surface area contributed by atoms with Gasteiger partial charge in [0.05, 0.1) is 17.8 Å². The number of hydrogen-bond donors (Lipinski definition) is 3. The molecule has 31 heavy (non-hydrogen) atoms. The topological polar surface area (TPSA) is 100 Å². The number of aromatic nitrogens is 3. The second kappa shape index (κ2) is 7.64. The summed E-state index contributed by atoms with van der Waals surface area (Å²) in [4.78, 5) is 32.2. The molecule has 0 radical (unpaired) electrons. The van der Waals surface area contributed by atoms with Crippen molar-refractivity contribution in [3.63, 3.8) is 0 Å². The van der Waals surface area contributed by atoms with Gasteiger partial charge in [-0.05, 0) is 42.7 Å². The normalized spacial score (nSPS) is 22.6. The minimum absolute atomic E-state index is 0.00470. The highest BCUT2D eigenvalue weighted by Crippen LogP contribution is 2.40. The third-order valence-corrected chi connectivity index (χ3v) is 6.73. The molecule has 1 amide bonds. The molecule has 3 aromatic rings. The summed E-state index contributed by atoms with van der Waals surface area (Å²) < 4.78 is 17.1. The average molecular weight is 487 g/mol. The zero-order valence-corrected chi connectivity index (χ0v) is 18.0. The molecule has 0 fully saturated rings. The minimum atomic E-state index is -1.12. The Morgan fingerprint density at radius 2 is 2.19 bits per heavy atom. The van der Waals surface area contributed by atoms with Crippen LogP contribution in [0.2, 0.25) is 0 Å². The van der Waals surface area contributed by atoms with E-state index >= 15 is 0 Å². The van der Waals surface area contributed by atoms with Crippen molar-refractivity contribution in [2.75, 3.05) is 0 Å². The number of hydrogen-bond acceptors (Lipinski definition) is 3. The molecule has 3 heterocycles. The van der Waals surface area contributed by atoms with Crippen LogP contribution in [0.5, 0.6) is 0 Å². The van der Waals surface area contributed by atoms with Gasteiger partial charge >= 0.3 is 6.09 Å². The van der Waals surface area contributed by atoms with Crippen molar-refractivity contribution in [3.05, 3.63) is 64.0 Å². The summed E-state index contributed by atoms with van der Waals surface area (Å²) in [7, 11) is 0. The van der Waals surface area contributed by atoms with Crippen LogP contribution in [0, 0.1) is 5.82 Å². The van der Waals surface area contributed by atoms with Gasteiger partial charge in [-0.2, -0.15) is 0 Å². The lowest BCUT2D eigenvalue weighted by molar-refractivity contribution is -0.121. The molecule has 1 unspecified atom stereocenters. The quantitative estimate of drug-likeness (QED) is 0.516. The number of carboxylic acid groups (broad SMARTS) is 1. The van der Waals surface area contributed by atoms with E-state index in [1.165, 1.54) is 6.07 Å². The number of Topliss-reactive ketones (excluding diaryl/α,β-unsaturated/α-hetero) is 1. The molecule has 2 aliphatic rings.